The third-order valence-corrected chi connectivity index (χ3v) is 6.61. The number of rotatable bonds is 4. The van der Waals surface area contributed by atoms with Crippen LogP contribution in [0.1, 0.15) is 6.42 Å². The SMILES string of the molecule is C=CCCN[P+]1([O-])Oc2ccc3ccccc3c2-c2c(ccc3ccccc23)O1. The zero-order valence-corrected chi connectivity index (χ0v) is 16.7. The van der Waals surface area contributed by atoms with Crippen molar-refractivity contribution in [3.63, 3.8) is 0 Å². The molecule has 0 radical (unpaired) electrons. The second kappa shape index (κ2) is 7.16. The molecule has 4 aromatic carbocycles. The van der Waals surface area contributed by atoms with E-state index in [4.69, 9.17) is 9.05 Å². The quantitative estimate of drug-likeness (QED) is 0.273. The normalized spacial score (nSPS) is 14.4. The van der Waals surface area contributed by atoms with Gasteiger partial charge in [-0.15, -0.1) is 11.7 Å². The standard InChI is InChI=1S/C24H20NO3P/c1-2-3-16-25-29(26)27-21-14-12-17-8-4-6-10-19(17)23(21)24-20-11-7-5-9-18(20)13-15-22(24)28-29/h2,4-15H,1,3,16H2,(H,25,26). The summed E-state index contributed by atoms with van der Waals surface area (Å²) in [5.74, 6) is 1.10. The summed E-state index contributed by atoms with van der Waals surface area (Å²) >= 11 is 0. The van der Waals surface area contributed by atoms with E-state index in [9.17, 15) is 4.89 Å². The topological polar surface area (TPSA) is 53.5 Å². The number of hydrogen-bond donors (Lipinski definition) is 1. The molecule has 29 heavy (non-hydrogen) atoms. The zero-order valence-electron chi connectivity index (χ0n) is 15.8. The van der Waals surface area contributed by atoms with Crippen LogP contribution >= 0.6 is 8.09 Å². The van der Waals surface area contributed by atoms with Gasteiger partial charge < -0.3 is 4.89 Å². The van der Waals surface area contributed by atoms with Gasteiger partial charge in [0.1, 0.15) is 0 Å². The molecule has 0 spiro atoms. The van der Waals surface area contributed by atoms with Crippen molar-refractivity contribution in [3.05, 3.63) is 85.5 Å². The Bertz CT molecular complexity index is 1150. The summed E-state index contributed by atoms with van der Waals surface area (Å²) in [6.45, 7) is 4.16. The zero-order chi connectivity index (χ0) is 19.8. The summed E-state index contributed by atoms with van der Waals surface area (Å²) in [5, 5.41) is 7.20. The minimum atomic E-state index is -3.60. The third kappa shape index (κ3) is 3.16. The first-order valence-corrected chi connectivity index (χ1v) is 11.1. The molecule has 0 saturated heterocycles. The van der Waals surface area contributed by atoms with E-state index in [1.807, 2.05) is 48.5 Å². The molecule has 0 amide bonds. The Balaban J connectivity index is 1.82. The lowest BCUT2D eigenvalue weighted by Crippen LogP contribution is -2.33. The first-order chi connectivity index (χ1) is 14.2. The lowest BCUT2D eigenvalue weighted by Gasteiger charge is -2.25. The Hall–Kier alpha value is -2.91. The summed E-state index contributed by atoms with van der Waals surface area (Å²) < 4.78 is 12.0. The van der Waals surface area contributed by atoms with Crippen molar-refractivity contribution in [2.45, 2.75) is 6.42 Å². The van der Waals surface area contributed by atoms with E-state index in [0.717, 1.165) is 32.7 Å². The Morgan fingerprint density at radius 2 is 1.31 bits per heavy atom. The fraction of sp³-hybridized carbons (Fsp3) is 0.0833. The summed E-state index contributed by atoms with van der Waals surface area (Å²) in [5.41, 5.74) is 1.80. The number of benzene rings is 4. The molecule has 144 valence electrons. The first kappa shape index (κ1) is 18.1. The van der Waals surface area contributed by atoms with Crippen LogP contribution in [0.2, 0.25) is 0 Å². The van der Waals surface area contributed by atoms with Crippen molar-refractivity contribution in [2.75, 3.05) is 6.54 Å². The molecule has 1 aliphatic rings. The van der Waals surface area contributed by atoms with Crippen molar-refractivity contribution in [1.29, 1.82) is 0 Å². The number of fused-ring (bicyclic) bond motifs is 7. The van der Waals surface area contributed by atoms with Crippen LogP contribution in [0.5, 0.6) is 11.5 Å². The molecule has 1 aliphatic heterocycles. The average Bonchev–Trinajstić information content (AvgIpc) is 2.87. The molecule has 0 saturated carbocycles. The molecule has 0 bridgehead atoms. The summed E-state index contributed by atoms with van der Waals surface area (Å²) in [6.07, 6.45) is 2.42. The first-order valence-electron chi connectivity index (χ1n) is 9.58. The second-order valence-electron chi connectivity index (χ2n) is 6.99. The molecule has 0 aromatic heterocycles. The van der Waals surface area contributed by atoms with Gasteiger partial charge in [0.25, 0.3) is 0 Å². The number of nitrogens with one attached hydrogen (secondary N) is 1. The minimum absolute atomic E-state index is 0.451. The van der Waals surface area contributed by atoms with Gasteiger partial charge >= 0.3 is 8.09 Å². The molecular formula is C24H20NO3P. The maximum Gasteiger partial charge on any atom is 0.408 e. The van der Waals surface area contributed by atoms with Crippen LogP contribution in [-0.2, 0) is 0 Å². The number of hydrogen-bond acceptors (Lipinski definition) is 4. The van der Waals surface area contributed by atoms with Gasteiger partial charge in [0, 0.05) is 17.7 Å². The predicted molar refractivity (Wildman–Crippen MR) is 118 cm³/mol. The Labute approximate surface area is 170 Å². The van der Waals surface area contributed by atoms with Crippen molar-refractivity contribution in [3.8, 4) is 22.6 Å². The summed E-state index contributed by atoms with van der Waals surface area (Å²) in [6, 6.07) is 24.0. The van der Waals surface area contributed by atoms with E-state index >= 15 is 0 Å². The maximum atomic E-state index is 13.5. The highest BCUT2D eigenvalue weighted by Gasteiger charge is 2.39. The lowest BCUT2D eigenvalue weighted by atomic mass is 9.92. The fourth-order valence-electron chi connectivity index (χ4n) is 3.82. The molecule has 1 N–H and O–H groups in total. The van der Waals surface area contributed by atoms with E-state index in [-0.39, 0.29) is 0 Å². The highest BCUT2D eigenvalue weighted by Crippen LogP contribution is 2.58. The van der Waals surface area contributed by atoms with Crippen molar-refractivity contribution < 1.29 is 13.9 Å². The van der Waals surface area contributed by atoms with Crippen LogP contribution < -0.4 is 19.0 Å². The second-order valence-corrected chi connectivity index (χ2v) is 8.66. The molecule has 0 unspecified atom stereocenters. The lowest BCUT2D eigenvalue weighted by molar-refractivity contribution is -0.206. The van der Waals surface area contributed by atoms with Crippen molar-refractivity contribution in [1.82, 2.24) is 5.09 Å². The molecule has 4 aromatic rings. The van der Waals surface area contributed by atoms with E-state index < -0.39 is 8.09 Å². The highest BCUT2D eigenvalue weighted by atomic mass is 31.2. The van der Waals surface area contributed by atoms with Crippen LogP contribution in [0.3, 0.4) is 0 Å². The fourth-order valence-corrected chi connectivity index (χ4v) is 5.21. The van der Waals surface area contributed by atoms with Gasteiger partial charge in [-0.1, -0.05) is 66.7 Å². The van der Waals surface area contributed by atoms with E-state index in [0.29, 0.717) is 24.5 Å². The van der Waals surface area contributed by atoms with Crippen LogP contribution in [-0.4, -0.2) is 6.54 Å². The van der Waals surface area contributed by atoms with Gasteiger partial charge in [-0.25, -0.2) is 0 Å². The van der Waals surface area contributed by atoms with E-state index in [1.165, 1.54) is 0 Å². The van der Waals surface area contributed by atoms with Gasteiger partial charge in [0.05, 0.1) is 0 Å². The Morgan fingerprint density at radius 1 is 0.793 bits per heavy atom. The highest BCUT2D eigenvalue weighted by molar-refractivity contribution is 7.57. The Kier molecular flexibility index (Phi) is 4.48. The minimum Gasteiger partial charge on any atom is -0.601 e. The van der Waals surface area contributed by atoms with Crippen LogP contribution in [0.4, 0.5) is 0 Å². The van der Waals surface area contributed by atoms with Crippen LogP contribution in [0.25, 0.3) is 32.7 Å². The van der Waals surface area contributed by atoms with E-state index in [1.54, 1.807) is 6.08 Å². The molecule has 1 heterocycles. The van der Waals surface area contributed by atoms with Gasteiger partial charge in [0.15, 0.2) is 11.5 Å². The molecule has 5 rings (SSSR count). The van der Waals surface area contributed by atoms with Crippen LogP contribution in [0, 0.1) is 0 Å². The molecular weight excluding hydrogens is 381 g/mol. The third-order valence-electron chi connectivity index (χ3n) is 5.12. The monoisotopic (exact) mass is 401 g/mol. The van der Waals surface area contributed by atoms with Crippen molar-refractivity contribution in [2.24, 2.45) is 0 Å². The largest absolute Gasteiger partial charge is 0.601 e. The summed E-state index contributed by atoms with van der Waals surface area (Å²) in [7, 11) is -3.60. The van der Waals surface area contributed by atoms with Gasteiger partial charge in [-0.05, 0) is 40.1 Å². The molecule has 5 heteroatoms. The molecule has 4 nitrogen and oxygen atoms in total. The molecule has 0 fully saturated rings. The molecule has 0 aliphatic carbocycles. The smallest absolute Gasteiger partial charge is 0.408 e. The maximum absolute atomic E-state index is 13.5. The van der Waals surface area contributed by atoms with Gasteiger partial charge in [-0.3, -0.25) is 9.05 Å². The average molecular weight is 401 g/mol. The van der Waals surface area contributed by atoms with Gasteiger partial charge in [0.2, 0.25) is 0 Å². The van der Waals surface area contributed by atoms with E-state index in [2.05, 4.69) is 35.9 Å². The summed E-state index contributed by atoms with van der Waals surface area (Å²) in [4.78, 5) is 13.5. The van der Waals surface area contributed by atoms with Gasteiger partial charge in [-0.2, -0.15) is 0 Å². The predicted octanol–water partition coefficient (Wildman–Crippen LogP) is 5.63. The van der Waals surface area contributed by atoms with Crippen molar-refractivity contribution >= 4 is 29.6 Å². The van der Waals surface area contributed by atoms with Crippen LogP contribution in [0.15, 0.2) is 85.5 Å². The molecule has 0 atom stereocenters. The Morgan fingerprint density at radius 3 is 1.83 bits per heavy atom.